The van der Waals surface area contributed by atoms with E-state index in [1.54, 1.807) is 0 Å². The van der Waals surface area contributed by atoms with Crippen LogP contribution in [0, 0.1) is 0 Å². The van der Waals surface area contributed by atoms with Crippen LogP contribution in [0.1, 0.15) is 532 Å². The van der Waals surface area contributed by atoms with E-state index in [2.05, 4.69) is 102 Å². The number of aryl methyl sites for hydroxylation is 4. The zero-order valence-electron chi connectivity index (χ0n) is 70.7. The van der Waals surface area contributed by atoms with Crippen molar-refractivity contribution in [3.63, 3.8) is 0 Å². The molecule has 0 unspecified atom stereocenters. The monoisotopic (exact) mass is 1460 g/mol. The van der Waals surface area contributed by atoms with Crippen molar-refractivity contribution in [1.29, 1.82) is 0 Å². The molecule has 2 rings (SSSR count). The van der Waals surface area contributed by atoms with E-state index in [1.807, 2.05) is 14.4 Å². The van der Waals surface area contributed by atoms with Gasteiger partial charge in [0.15, 0.2) is 0 Å². The molecular formula is C99H180N2Ni. The fourth-order valence-electron chi connectivity index (χ4n) is 15.6. The van der Waals surface area contributed by atoms with Gasteiger partial charge in [0.1, 0.15) is 0 Å². The molecule has 0 aliphatic rings. The van der Waals surface area contributed by atoms with Gasteiger partial charge in [0, 0.05) is 0 Å². The molecule has 2 nitrogen and oxygen atoms in total. The van der Waals surface area contributed by atoms with Gasteiger partial charge >= 0.3 is 109 Å². The maximum absolute atomic E-state index is 10.3. The van der Waals surface area contributed by atoms with E-state index in [1.165, 1.54) is 466 Å². The summed E-state index contributed by atoms with van der Waals surface area (Å²) in [6.07, 6.45) is 99.7. The van der Waals surface area contributed by atoms with Gasteiger partial charge in [0.05, 0.1) is 5.57 Å². The third kappa shape index (κ3) is 61.8. The van der Waals surface area contributed by atoms with Gasteiger partial charge in [0.2, 0.25) is 0 Å². The number of allylic oxidation sites excluding steroid dienone is 2. The van der Waals surface area contributed by atoms with Gasteiger partial charge in [0.25, 0.3) is 0 Å². The van der Waals surface area contributed by atoms with E-state index in [4.69, 9.17) is 0 Å². The van der Waals surface area contributed by atoms with Gasteiger partial charge in [-0.15, -0.1) is 4.79 Å². The van der Waals surface area contributed by atoms with E-state index < -0.39 is 0 Å². The summed E-state index contributed by atoms with van der Waals surface area (Å²) >= 11 is 2.00. The number of hydrogen-bond acceptors (Lipinski definition) is 0. The second-order valence-electron chi connectivity index (χ2n) is 32.5. The Kier molecular flexibility index (Phi) is 76.6. The summed E-state index contributed by atoms with van der Waals surface area (Å²) < 4.78 is 0. The van der Waals surface area contributed by atoms with Crippen molar-refractivity contribution in [2.24, 2.45) is 0 Å². The summed E-state index contributed by atoms with van der Waals surface area (Å²) in [7, 11) is 0. The minimum atomic E-state index is 0.909. The van der Waals surface area contributed by atoms with Crippen molar-refractivity contribution >= 4 is 11.4 Å². The molecule has 2 aromatic carbocycles. The van der Waals surface area contributed by atoms with Gasteiger partial charge < -0.3 is 5.53 Å². The molecule has 3 heteroatoms. The Balaban J connectivity index is 0.00000307. The number of nitrogens with zero attached hydrogens (tertiary/aromatic N) is 2. The zero-order valence-corrected chi connectivity index (χ0v) is 71.7. The van der Waals surface area contributed by atoms with Crippen LogP contribution in [0.2, 0.25) is 10.8 Å². The fraction of sp³-hybridized carbons (Fsp3) is 0.838. The molecule has 0 aromatic heterocycles. The van der Waals surface area contributed by atoms with Gasteiger partial charge in [-0.2, -0.15) is 0 Å². The average molecular weight is 1460 g/mol. The number of rotatable bonds is 78. The molecule has 0 bridgehead atoms. The molecule has 0 saturated heterocycles. The van der Waals surface area contributed by atoms with Crippen LogP contribution in [0.4, 0.5) is 0 Å². The fourth-order valence-corrected chi connectivity index (χ4v) is 16.8. The first-order chi connectivity index (χ1) is 50.5. The van der Waals surface area contributed by atoms with Crippen LogP contribution in [0.15, 0.2) is 47.5 Å². The first-order valence-electron chi connectivity index (χ1n) is 46.9. The quantitative estimate of drug-likeness (QED) is 0.0158. The molecule has 0 aliphatic carbocycles. The second-order valence-corrected chi connectivity index (χ2v) is 33.9. The summed E-state index contributed by atoms with van der Waals surface area (Å²) in [4.78, 5) is 3.71. The standard InChI is InChI=1S/C85H150N2.2C7H15.Ni/c1-7-13-19-23-25-27-29-31-33-35-37-39-41-43-45-47-49-51-53-55-57-62-66-79-71-80(67-63-58-56-54-52-50-48-46-44-42-40-38-36-34-32-30-28-26-24-20-14-8-2)75-83(74-79)85(84(69-18-12-6)81(76-87-86)68-59-17-11-5)82-72-77(64-60-21-15-9-3)70-78(73-82)65-61-22-16-10-4;2*1-3-5-7-6-4-2;/h70-75H,7-69H2,1-6H3;2*1,3-7H2,2H3;. The van der Waals surface area contributed by atoms with Crippen molar-refractivity contribution < 1.29 is 19.2 Å². The second kappa shape index (κ2) is 79.9. The molecule has 0 N–H and O–H groups in total. The van der Waals surface area contributed by atoms with Crippen LogP contribution in [0.3, 0.4) is 0 Å². The molecule has 0 fully saturated rings. The van der Waals surface area contributed by atoms with E-state index in [-0.39, 0.29) is 0 Å². The number of benzene rings is 2. The van der Waals surface area contributed by atoms with Crippen LogP contribution in [0.25, 0.3) is 11.1 Å². The molecule has 102 heavy (non-hydrogen) atoms. The SMILES string of the molecule is CCCCCCCCCCCCCCCCCCCCCCCCc1cc(CCCCCCCCCCCCCCCCCCCCCCCC)cc(C(=C(CCCC)C(=C=[N+]=[N-])CCCCC)c2cc(CCCCCC)cc(CCCCCC)c2)c1.CCCCCC[CH2][Ni][CH2]CCCCCC. The van der Waals surface area contributed by atoms with Gasteiger partial charge in [-0.1, -0.05) is 405 Å². The number of unbranched alkanes of at least 4 members (excludes halogenated alkanes) is 59. The molecule has 0 atom stereocenters. The maximum atomic E-state index is 10.3. The van der Waals surface area contributed by atoms with Crippen molar-refractivity contribution in [2.75, 3.05) is 0 Å². The normalized spacial score (nSPS) is 11.7. The first-order valence-corrected chi connectivity index (χ1v) is 48.3. The molecule has 0 amide bonds. The van der Waals surface area contributed by atoms with Gasteiger partial charge in [-0.25, -0.2) is 0 Å². The first kappa shape index (κ1) is 97.8. The zero-order chi connectivity index (χ0) is 73.6. The van der Waals surface area contributed by atoms with Crippen LogP contribution >= 0.6 is 0 Å². The van der Waals surface area contributed by atoms with E-state index in [0.29, 0.717) is 0 Å². The van der Waals surface area contributed by atoms with Crippen molar-refractivity contribution in [3.8, 4) is 0 Å². The Labute approximate surface area is 647 Å². The predicted octanol–water partition coefficient (Wildman–Crippen LogP) is 35.5. The Bertz CT molecular complexity index is 2060. The molecule has 2 aromatic rings. The van der Waals surface area contributed by atoms with E-state index in [0.717, 1.165) is 63.4 Å². The third-order valence-corrected chi connectivity index (χ3v) is 23.7. The number of hydrogen-bond donors (Lipinski definition) is 0. The Morgan fingerprint density at radius 1 is 0.245 bits per heavy atom. The molecule has 596 valence electrons. The molecule has 0 saturated carbocycles. The van der Waals surface area contributed by atoms with Crippen molar-refractivity contribution in [2.45, 2.75) is 535 Å². The Hall–Kier alpha value is -2.17. The topological polar surface area (TPSA) is 36.4 Å². The van der Waals surface area contributed by atoms with Crippen LogP contribution in [-0.4, -0.2) is 10.7 Å². The predicted molar refractivity (Wildman–Crippen MR) is 459 cm³/mol. The Morgan fingerprint density at radius 2 is 0.451 bits per heavy atom. The van der Waals surface area contributed by atoms with Crippen LogP contribution in [-0.2, 0) is 40.1 Å². The van der Waals surface area contributed by atoms with Crippen molar-refractivity contribution in [3.05, 3.63) is 86.5 Å². The molecular weight excluding hydrogens is 1280 g/mol. The average Bonchev–Trinajstić information content (AvgIpc) is 0.787. The summed E-state index contributed by atoms with van der Waals surface area (Å²) in [6.45, 7) is 18.5. The minimum absolute atomic E-state index is 0.909. The summed E-state index contributed by atoms with van der Waals surface area (Å²) in [6, 6.07) is 15.6. The molecule has 0 aliphatic heterocycles. The van der Waals surface area contributed by atoms with E-state index >= 15 is 0 Å². The third-order valence-electron chi connectivity index (χ3n) is 22.3. The summed E-state index contributed by atoms with van der Waals surface area (Å²) in [5.74, 6) is 3.25. The van der Waals surface area contributed by atoms with Crippen LogP contribution < -0.4 is 0 Å². The Morgan fingerprint density at radius 3 is 0.686 bits per heavy atom. The van der Waals surface area contributed by atoms with Crippen LogP contribution in [0.5, 0.6) is 0 Å². The van der Waals surface area contributed by atoms with Gasteiger partial charge in [-0.3, -0.25) is 0 Å². The van der Waals surface area contributed by atoms with Crippen molar-refractivity contribution in [1.82, 2.24) is 0 Å². The summed E-state index contributed by atoms with van der Waals surface area (Å²) in [5.41, 5.74) is 23.1. The van der Waals surface area contributed by atoms with E-state index in [9.17, 15) is 5.53 Å². The molecule has 0 heterocycles. The molecule has 0 spiro atoms. The summed E-state index contributed by atoms with van der Waals surface area (Å²) in [5, 5.41) is 2.84. The van der Waals surface area contributed by atoms with Gasteiger partial charge in [-0.05, 0) is 122 Å². The molecule has 0 radical (unpaired) electrons.